The highest BCUT2D eigenvalue weighted by Gasteiger charge is 2.29. The Bertz CT molecular complexity index is 758. The molecule has 0 spiro atoms. The van der Waals surface area contributed by atoms with E-state index in [9.17, 15) is 23.3 Å². The lowest BCUT2D eigenvalue weighted by molar-refractivity contribution is -0.386. The van der Waals surface area contributed by atoms with Gasteiger partial charge in [0.25, 0.3) is 0 Å². The molecule has 0 bridgehead atoms. The first kappa shape index (κ1) is 20.1. The first-order valence-electron chi connectivity index (χ1n) is 8.43. The fourth-order valence-corrected chi connectivity index (χ4v) is 4.17. The predicted molar refractivity (Wildman–Crippen MR) is 92.5 cm³/mol. The summed E-state index contributed by atoms with van der Waals surface area (Å²) in [5, 5.41) is 11.3. The van der Waals surface area contributed by atoms with Crippen LogP contribution in [0.4, 0.5) is 5.69 Å². The molecule has 0 atom stereocenters. The molecule has 0 unspecified atom stereocenters. The van der Waals surface area contributed by atoms with E-state index < -0.39 is 20.6 Å². The topological polar surface area (TPSA) is 116 Å². The number of hydrogen-bond acceptors (Lipinski definition) is 7. The Morgan fingerprint density at radius 1 is 1.31 bits per heavy atom. The molecule has 2 rings (SSSR count). The van der Waals surface area contributed by atoms with Crippen LogP contribution in [0.15, 0.2) is 23.1 Å². The molecule has 0 aromatic heterocycles. The van der Waals surface area contributed by atoms with Gasteiger partial charge in [0.2, 0.25) is 10.0 Å². The summed E-state index contributed by atoms with van der Waals surface area (Å²) in [6.45, 7) is 2.91. The van der Waals surface area contributed by atoms with Gasteiger partial charge in [-0.25, -0.2) is 8.42 Å². The minimum atomic E-state index is -3.74. The zero-order valence-electron chi connectivity index (χ0n) is 14.5. The van der Waals surface area contributed by atoms with E-state index in [0.29, 0.717) is 19.5 Å². The lowest BCUT2D eigenvalue weighted by Crippen LogP contribution is -2.27. The quantitative estimate of drug-likeness (QED) is 0.276. The largest absolute Gasteiger partial charge is 0.487 e. The van der Waals surface area contributed by atoms with Crippen molar-refractivity contribution in [3.8, 4) is 5.75 Å². The van der Waals surface area contributed by atoms with Crippen molar-refractivity contribution in [2.45, 2.75) is 37.5 Å². The number of nitrogens with zero attached hydrogens (tertiary/aromatic N) is 2. The van der Waals surface area contributed by atoms with E-state index in [0.717, 1.165) is 18.9 Å². The maximum atomic E-state index is 12.5. The Kier molecular flexibility index (Phi) is 6.92. The Morgan fingerprint density at radius 3 is 2.62 bits per heavy atom. The summed E-state index contributed by atoms with van der Waals surface area (Å²) in [5.74, 6) is -0.392. The van der Waals surface area contributed by atoms with Gasteiger partial charge < -0.3 is 9.47 Å². The van der Waals surface area contributed by atoms with Crippen molar-refractivity contribution in [1.82, 2.24) is 4.31 Å². The summed E-state index contributed by atoms with van der Waals surface area (Å²) in [6.07, 6.45) is 2.04. The maximum absolute atomic E-state index is 12.5. The Labute approximate surface area is 152 Å². The van der Waals surface area contributed by atoms with Crippen LogP contribution in [0.25, 0.3) is 0 Å². The molecule has 0 N–H and O–H groups in total. The van der Waals surface area contributed by atoms with E-state index in [4.69, 9.17) is 9.47 Å². The second-order valence-corrected chi connectivity index (χ2v) is 7.69. The van der Waals surface area contributed by atoms with Crippen LogP contribution in [0.5, 0.6) is 5.75 Å². The minimum Gasteiger partial charge on any atom is -0.487 e. The number of carbonyl (C=O) groups excluding carboxylic acids is 1. The van der Waals surface area contributed by atoms with Crippen molar-refractivity contribution >= 4 is 21.7 Å². The van der Waals surface area contributed by atoms with E-state index in [1.165, 1.54) is 16.4 Å². The Hall–Kier alpha value is -2.20. The van der Waals surface area contributed by atoms with Crippen molar-refractivity contribution < 1.29 is 27.6 Å². The Balaban J connectivity index is 2.09. The molecule has 1 saturated heterocycles. The number of benzene rings is 1. The molecule has 9 nitrogen and oxygen atoms in total. The standard InChI is InChI=1S/C16H22N2O7S/c1-2-24-16(19)6-5-11-25-15-8-7-13(12-14(15)18(20)21)26(22,23)17-9-3-4-10-17/h7-8,12H,2-6,9-11H2,1H3. The number of sulfonamides is 1. The molecule has 0 aliphatic carbocycles. The van der Waals surface area contributed by atoms with Crippen LogP contribution in [-0.2, 0) is 19.6 Å². The van der Waals surface area contributed by atoms with Gasteiger partial charge in [-0.15, -0.1) is 0 Å². The SMILES string of the molecule is CCOC(=O)CCCOc1ccc(S(=O)(=O)N2CCCC2)cc1[N+](=O)[O-]. The summed E-state index contributed by atoms with van der Waals surface area (Å²) in [7, 11) is -3.74. The lowest BCUT2D eigenvalue weighted by Gasteiger charge is -2.16. The third-order valence-electron chi connectivity index (χ3n) is 3.92. The number of ether oxygens (including phenoxy) is 2. The number of esters is 1. The minimum absolute atomic E-state index is 0.0285. The van der Waals surface area contributed by atoms with Gasteiger partial charge >= 0.3 is 11.7 Å². The van der Waals surface area contributed by atoms with Crippen molar-refractivity contribution in [3.63, 3.8) is 0 Å². The summed E-state index contributed by atoms with van der Waals surface area (Å²) in [4.78, 5) is 21.7. The van der Waals surface area contributed by atoms with Crippen LogP contribution in [0.3, 0.4) is 0 Å². The van der Waals surface area contributed by atoms with Crippen LogP contribution in [0.2, 0.25) is 0 Å². The molecule has 1 aliphatic heterocycles. The van der Waals surface area contributed by atoms with E-state index >= 15 is 0 Å². The van der Waals surface area contributed by atoms with Crippen molar-refractivity contribution in [2.75, 3.05) is 26.3 Å². The zero-order chi connectivity index (χ0) is 19.2. The third-order valence-corrected chi connectivity index (χ3v) is 5.81. The van der Waals surface area contributed by atoms with Crippen molar-refractivity contribution in [2.24, 2.45) is 0 Å². The van der Waals surface area contributed by atoms with Crippen LogP contribution in [-0.4, -0.2) is 49.9 Å². The van der Waals surface area contributed by atoms with Gasteiger partial charge in [0.15, 0.2) is 5.75 Å². The average Bonchev–Trinajstić information content (AvgIpc) is 3.14. The second-order valence-electron chi connectivity index (χ2n) is 5.75. The van der Waals surface area contributed by atoms with Crippen LogP contribution < -0.4 is 4.74 Å². The highest BCUT2D eigenvalue weighted by Crippen LogP contribution is 2.31. The molecule has 10 heteroatoms. The van der Waals surface area contributed by atoms with Crippen molar-refractivity contribution in [1.29, 1.82) is 0 Å². The fourth-order valence-electron chi connectivity index (χ4n) is 2.63. The highest BCUT2D eigenvalue weighted by atomic mass is 32.2. The molecule has 1 aliphatic rings. The van der Waals surface area contributed by atoms with Crippen molar-refractivity contribution in [3.05, 3.63) is 28.3 Å². The molecule has 26 heavy (non-hydrogen) atoms. The van der Waals surface area contributed by atoms with Crippen LogP contribution in [0.1, 0.15) is 32.6 Å². The number of rotatable bonds is 9. The normalized spacial score (nSPS) is 15.0. The van der Waals surface area contributed by atoms with Gasteiger partial charge in [-0.1, -0.05) is 0 Å². The number of nitro benzene ring substituents is 1. The van der Waals surface area contributed by atoms with E-state index in [1.54, 1.807) is 6.92 Å². The monoisotopic (exact) mass is 386 g/mol. The summed E-state index contributed by atoms with van der Waals surface area (Å²) >= 11 is 0. The molecule has 0 radical (unpaired) electrons. The molecular weight excluding hydrogens is 364 g/mol. The van der Waals surface area contributed by atoms with E-state index in [2.05, 4.69) is 0 Å². The molecule has 1 aromatic rings. The zero-order valence-corrected chi connectivity index (χ0v) is 15.4. The molecule has 1 heterocycles. The van der Waals surface area contributed by atoms with Gasteiger partial charge in [0, 0.05) is 25.6 Å². The molecule has 1 fully saturated rings. The first-order chi connectivity index (χ1) is 12.4. The predicted octanol–water partition coefficient (Wildman–Crippen LogP) is 2.10. The van der Waals surface area contributed by atoms with Crippen LogP contribution in [0, 0.1) is 10.1 Å². The van der Waals surface area contributed by atoms with Gasteiger partial charge in [-0.2, -0.15) is 4.31 Å². The number of carbonyl (C=O) groups is 1. The fraction of sp³-hybridized carbons (Fsp3) is 0.562. The first-order valence-corrected chi connectivity index (χ1v) is 9.87. The van der Waals surface area contributed by atoms with E-state index in [-0.39, 0.29) is 36.2 Å². The summed E-state index contributed by atoms with van der Waals surface area (Å²) in [6, 6.07) is 3.61. The maximum Gasteiger partial charge on any atom is 0.312 e. The molecule has 144 valence electrons. The second kappa shape index (κ2) is 8.95. The molecular formula is C16H22N2O7S. The molecule has 0 saturated carbocycles. The highest BCUT2D eigenvalue weighted by molar-refractivity contribution is 7.89. The Morgan fingerprint density at radius 2 is 2.00 bits per heavy atom. The van der Waals surface area contributed by atoms with Gasteiger partial charge in [-0.3, -0.25) is 14.9 Å². The molecule has 0 amide bonds. The van der Waals surface area contributed by atoms with E-state index in [1.807, 2.05) is 0 Å². The lowest BCUT2D eigenvalue weighted by atomic mass is 10.3. The van der Waals surface area contributed by atoms with Gasteiger partial charge in [-0.05, 0) is 38.3 Å². The number of nitro groups is 1. The van der Waals surface area contributed by atoms with Gasteiger partial charge in [0.1, 0.15) is 0 Å². The molecule has 1 aromatic carbocycles. The third kappa shape index (κ3) is 4.92. The van der Waals surface area contributed by atoms with Crippen LogP contribution >= 0.6 is 0 Å². The smallest absolute Gasteiger partial charge is 0.312 e. The summed E-state index contributed by atoms with van der Waals surface area (Å²) < 4.78 is 36.5. The average molecular weight is 386 g/mol. The summed E-state index contributed by atoms with van der Waals surface area (Å²) in [5.41, 5.74) is -0.415. The number of hydrogen-bond donors (Lipinski definition) is 0. The van der Waals surface area contributed by atoms with Gasteiger partial charge in [0.05, 0.1) is 23.0 Å².